The van der Waals surface area contributed by atoms with Crippen LogP contribution in [0.25, 0.3) is 6.08 Å². The highest BCUT2D eigenvalue weighted by molar-refractivity contribution is 9.09. The molecule has 11 heteroatoms. The number of allylic oxidation sites excluding steroid dienone is 1. The fraction of sp³-hybridized carbons (Fsp3) is 0.433. The first-order valence-corrected chi connectivity index (χ1v) is 14.7. The lowest BCUT2D eigenvalue weighted by molar-refractivity contribution is -0.123. The van der Waals surface area contributed by atoms with Gasteiger partial charge in [-0.25, -0.2) is 9.59 Å². The van der Waals surface area contributed by atoms with Crippen molar-refractivity contribution in [3.63, 3.8) is 0 Å². The van der Waals surface area contributed by atoms with E-state index in [0.717, 1.165) is 30.0 Å². The van der Waals surface area contributed by atoms with Crippen molar-refractivity contribution in [1.82, 2.24) is 19.7 Å². The zero-order valence-corrected chi connectivity index (χ0v) is 25.3. The van der Waals surface area contributed by atoms with Gasteiger partial charge < -0.3 is 33.9 Å². The average molecular weight is 628 g/mol. The molecule has 1 aromatic heterocycles. The van der Waals surface area contributed by atoms with Crippen molar-refractivity contribution < 1.29 is 28.6 Å². The van der Waals surface area contributed by atoms with E-state index in [1.807, 2.05) is 44.3 Å². The normalized spacial score (nSPS) is 22.3. The first-order chi connectivity index (χ1) is 19.7. The molecular weight excluding hydrogens is 592 g/mol. The number of H-pyrrole nitrogens is 1. The number of fused-ring (bicyclic) bond motifs is 3. The number of nitrogens with one attached hydrogen (secondary N) is 1. The number of piperazine rings is 1. The molecule has 1 N–H and O–H groups in total. The van der Waals surface area contributed by atoms with Crippen LogP contribution in [0.4, 0.5) is 4.79 Å². The molecule has 0 radical (unpaired) electrons. The monoisotopic (exact) mass is 626 g/mol. The molecule has 218 valence electrons. The molecule has 2 unspecified atom stereocenters. The van der Waals surface area contributed by atoms with Crippen LogP contribution >= 0.6 is 15.9 Å². The molecule has 5 rings (SSSR count). The van der Waals surface area contributed by atoms with Crippen LogP contribution in [0.15, 0.2) is 42.1 Å². The van der Waals surface area contributed by atoms with Gasteiger partial charge >= 0.3 is 12.1 Å². The van der Waals surface area contributed by atoms with Gasteiger partial charge in [0, 0.05) is 67.0 Å². The van der Waals surface area contributed by atoms with Crippen LogP contribution < -0.4 is 4.74 Å². The van der Waals surface area contributed by atoms with Crippen molar-refractivity contribution in [3.8, 4) is 5.75 Å². The quantitative estimate of drug-likeness (QED) is 0.292. The third-order valence-electron chi connectivity index (χ3n) is 8.07. The highest BCUT2D eigenvalue weighted by atomic mass is 79.9. The minimum Gasteiger partial charge on any atom is -0.497 e. The number of benzene rings is 1. The maximum atomic E-state index is 13.6. The smallest absolute Gasteiger partial charge is 0.410 e. The number of ether oxygens (including phenoxy) is 3. The second-order valence-electron chi connectivity index (χ2n) is 10.6. The molecule has 41 heavy (non-hydrogen) atoms. The molecule has 3 atom stereocenters. The summed E-state index contributed by atoms with van der Waals surface area (Å²) in [6.45, 7) is 4.91. The van der Waals surface area contributed by atoms with E-state index in [-0.39, 0.29) is 17.7 Å². The summed E-state index contributed by atoms with van der Waals surface area (Å²) in [6.07, 6.45) is 3.93. The fourth-order valence-electron chi connectivity index (χ4n) is 5.84. The number of aromatic nitrogens is 1. The number of rotatable bonds is 6. The van der Waals surface area contributed by atoms with Gasteiger partial charge in [0.2, 0.25) is 0 Å². The summed E-state index contributed by atoms with van der Waals surface area (Å²) in [5, 5.41) is 0.608. The number of methoxy groups -OCH3 is 2. The second-order valence-corrected chi connectivity index (χ2v) is 11.2. The van der Waals surface area contributed by atoms with Gasteiger partial charge in [0.15, 0.2) is 6.10 Å². The van der Waals surface area contributed by atoms with E-state index in [1.165, 1.54) is 7.11 Å². The standard InChI is InChI=1S/C30H35BrN4O6/c1-18-25(29(37)40-4)27-26-20(16-31)17-35(24(36)10-7-19-5-8-21(39-3)9-6-19)22(26)15-23(28(27)32-18)41-30(38)34-13-11-33(2)12-14-34/h5-10,15,20,23,26,32H,11-14,16-17H2,1-4H3/b10-7+/t20-,23?,26?/m1/s1. The van der Waals surface area contributed by atoms with Gasteiger partial charge in [-0.2, -0.15) is 0 Å². The molecule has 2 aliphatic heterocycles. The van der Waals surface area contributed by atoms with Gasteiger partial charge in [-0.3, -0.25) is 4.79 Å². The summed E-state index contributed by atoms with van der Waals surface area (Å²) in [6, 6.07) is 7.43. The van der Waals surface area contributed by atoms with E-state index in [4.69, 9.17) is 14.2 Å². The van der Waals surface area contributed by atoms with Gasteiger partial charge in [0.1, 0.15) is 5.75 Å². The number of amides is 2. The Morgan fingerprint density at radius 3 is 2.44 bits per heavy atom. The summed E-state index contributed by atoms with van der Waals surface area (Å²) >= 11 is 3.64. The van der Waals surface area contributed by atoms with E-state index < -0.39 is 18.2 Å². The van der Waals surface area contributed by atoms with Crippen molar-refractivity contribution >= 4 is 40.0 Å². The van der Waals surface area contributed by atoms with E-state index in [1.54, 1.807) is 29.1 Å². The number of hydrogen-bond donors (Lipinski definition) is 1. The maximum Gasteiger partial charge on any atom is 0.410 e. The Labute approximate surface area is 248 Å². The fourth-order valence-corrected chi connectivity index (χ4v) is 6.42. The van der Waals surface area contributed by atoms with Crippen molar-refractivity contribution in [3.05, 3.63) is 70.2 Å². The molecule has 2 saturated heterocycles. The lowest BCUT2D eigenvalue weighted by atomic mass is 9.80. The van der Waals surface area contributed by atoms with Crippen LogP contribution in [-0.2, 0) is 14.3 Å². The molecular formula is C30H35BrN4O6. The van der Waals surface area contributed by atoms with Gasteiger partial charge in [-0.05, 0) is 49.7 Å². The SMILES string of the molecule is COC(=O)c1c(C)[nH]c2c1C1C(=CC2OC(=O)N2CCN(C)CC2)N(C(=O)/C=C/c2ccc(OC)cc2)C[C@H]1CBr. The molecule has 3 heterocycles. The summed E-state index contributed by atoms with van der Waals surface area (Å²) in [5.74, 6) is -0.200. The summed E-state index contributed by atoms with van der Waals surface area (Å²) < 4.78 is 16.4. The number of alkyl halides is 1. The molecule has 2 amide bonds. The Morgan fingerprint density at radius 1 is 1.10 bits per heavy atom. The molecule has 1 aromatic carbocycles. The number of carbonyl (C=O) groups is 3. The Hall–Kier alpha value is -3.57. The molecule has 1 aliphatic carbocycles. The van der Waals surface area contributed by atoms with Crippen molar-refractivity contribution in [2.75, 3.05) is 59.3 Å². The van der Waals surface area contributed by atoms with Gasteiger partial charge in [-0.15, -0.1) is 0 Å². The molecule has 3 aliphatic rings. The number of nitrogens with zero attached hydrogens (tertiary/aromatic N) is 3. The second kappa shape index (κ2) is 12.1. The number of likely N-dealkylation sites (N-methyl/N-ethyl adjacent to an activating group) is 1. The van der Waals surface area contributed by atoms with E-state index >= 15 is 0 Å². The number of carbonyl (C=O) groups excluding carboxylic acids is 3. The van der Waals surface area contributed by atoms with Crippen LogP contribution in [0.1, 0.15) is 44.9 Å². The van der Waals surface area contributed by atoms with Crippen molar-refractivity contribution in [1.29, 1.82) is 0 Å². The van der Waals surface area contributed by atoms with E-state index in [9.17, 15) is 14.4 Å². The number of likely N-dealkylation sites (tertiary alicyclic amines) is 1. The van der Waals surface area contributed by atoms with Crippen LogP contribution in [0.5, 0.6) is 5.75 Å². The number of aromatic amines is 1. The average Bonchev–Trinajstić information content (AvgIpc) is 3.53. The predicted molar refractivity (Wildman–Crippen MR) is 157 cm³/mol. The summed E-state index contributed by atoms with van der Waals surface area (Å²) in [7, 11) is 4.98. The first kappa shape index (κ1) is 28.9. The van der Waals surface area contributed by atoms with Crippen LogP contribution in [0.2, 0.25) is 0 Å². The topological polar surface area (TPSA) is 104 Å². The Kier molecular flexibility index (Phi) is 8.55. The minimum absolute atomic E-state index is 0.00812. The number of hydrogen-bond acceptors (Lipinski definition) is 7. The summed E-state index contributed by atoms with van der Waals surface area (Å²) in [5.41, 5.74) is 4.00. The zero-order chi connectivity index (χ0) is 29.3. The Bertz CT molecular complexity index is 1380. The Balaban J connectivity index is 1.50. The third-order valence-corrected chi connectivity index (χ3v) is 8.90. The lowest BCUT2D eigenvalue weighted by Gasteiger charge is -2.34. The van der Waals surface area contributed by atoms with Crippen LogP contribution in [-0.4, -0.2) is 97.0 Å². The van der Waals surface area contributed by atoms with Crippen molar-refractivity contribution in [2.24, 2.45) is 5.92 Å². The molecule has 2 fully saturated rings. The Morgan fingerprint density at radius 2 is 1.80 bits per heavy atom. The molecule has 10 nitrogen and oxygen atoms in total. The molecule has 0 spiro atoms. The van der Waals surface area contributed by atoms with Gasteiger partial charge in [-0.1, -0.05) is 28.1 Å². The third kappa shape index (κ3) is 5.65. The first-order valence-electron chi connectivity index (χ1n) is 13.6. The largest absolute Gasteiger partial charge is 0.497 e. The van der Waals surface area contributed by atoms with E-state index in [0.29, 0.717) is 47.6 Å². The molecule has 0 saturated carbocycles. The zero-order valence-electron chi connectivity index (χ0n) is 23.7. The van der Waals surface area contributed by atoms with Crippen LogP contribution in [0.3, 0.4) is 0 Å². The lowest BCUT2D eigenvalue weighted by Crippen LogP contribution is -2.47. The van der Waals surface area contributed by atoms with Crippen molar-refractivity contribution in [2.45, 2.75) is 18.9 Å². The predicted octanol–water partition coefficient (Wildman–Crippen LogP) is 4.09. The number of esters is 1. The number of halogens is 1. The highest BCUT2D eigenvalue weighted by Gasteiger charge is 2.48. The number of aryl methyl sites for hydroxylation is 1. The van der Waals surface area contributed by atoms with Gasteiger partial charge in [0.25, 0.3) is 5.91 Å². The summed E-state index contributed by atoms with van der Waals surface area (Å²) in [4.78, 5) is 48.7. The van der Waals surface area contributed by atoms with E-state index in [2.05, 4.69) is 25.8 Å². The highest BCUT2D eigenvalue weighted by Crippen LogP contribution is 2.51. The minimum atomic E-state index is -0.796. The molecule has 0 bridgehead atoms. The van der Waals surface area contributed by atoms with Gasteiger partial charge in [0.05, 0.1) is 25.5 Å². The molecule has 2 aromatic rings. The van der Waals surface area contributed by atoms with Crippen LogP contribution in [0, 0.1) is 12.8 Å². The maximum absolute atomic E-state index is 13.6.